The first-order valence-electron chi connectivity index (χ1n) is 8.46. The van der Waals surface area contributed by atoms with Crippen LogP contribution < -0.4 is 15.5 Å². The van der Waals surface area contributed by atoms with Gasteiger partial charge in [0.1, 0.15) is 5.82 Å². The van der Waals surface area contributed by atoms with Gasteiger partial charge in [-0.1, -0.05) is 0 Å². The smallest absolute Gasteiger partial charge is 0.243 e. The average molecular weight is 332 g/mol. The molecule has 2 amide bonds. The predicted molar refractivity (Wildman–Crippen MR) is 86.9 cm³/mol. The van der Waals surface area contributed by atoms with Crippen LogP contribution in [-0.4, -0.2) is 48.9 Å². The summed E-state index contributed by atoms with van der Waals surface area (Å²) in [6, 6.07) is 3.24. The lowest BCUT2D eigenvalue weighted by atomic mass is 10.0. The molecule has 0 spiro atoms. The Hall–Kier alpha value is -1.99. The molecule has 1 aromatic carbocycles. The van der Waals surface area contributed by atoms with E-state index in [0.717, 1.165) is 37.3 Å². The number of rotatable bonds is 2. The molecule has 128 valence electrons. The highest BCUT2D eigenvalue weighted by molar-refractivity contribution is 6.00. The second kappa shape index (κ2) is 6.14. The van der Waals surface area contributed by atoms with Gasteiger partial charge in [0, 0.05) is 45.7 Å². The molecule has 2 fully saturated rings. The van der Waals surface area contributed by atoms with E-state index in [1.165, 1.54) is 0 Å². The predicted octanol–water partition coefficient (Wildman–Crippen LogP) is 0.356. The summed E-state index contributed by atoms with van der Waals surface area (Å²) in [5.74, 6) is -0.636. The lowest BCUT2D eigenvalue weighted by Gasteiger charge is -2.30. The number of hydrogen-bond acceptors (Lipinski definition) is 5. The zero-order valence-electron chi connectivity index (χ0n) is 13.5. The van der Waals surface area contributed by atoms with E-state index in [0.29, 0.717) is 31.6 Å². The van der Waals surface area contributed by atoms with Gasteiger partial charge in [-0.05, 0) is 29.7 Å². The highest BCUT2D eigenvalue weighted by Crippen LogP contribution is 2.32. The van der Waals surface area contributed by atoms with Crippen molar-refractivity contribution >= 4 is 17.5 Å². The van der Waals surface area contributed by atoms with Crippen molar-refractivity contribution in [1.82, 2.24) is 15.5 Å². The summed E-state index contributed by atoms with van der Waals surface area (Å²) in [6.45, 7) is 4.50. The van der Waals surface area contributed by atoms with Crippen LogP contribution in [0.4, 0.5) is 10.1 Å². The molecule has 0 radical (unpaired) electrons. The van der Waals surface area contributed by atoms with Crippen molar-refractivity contribution in [2.45, 2.75) is 32.0 Å². The molecule has 0 aromatic heterocycles. The molecular formula is C17H21FN4O2. The number of imide groups is 1. The number of carbonyl (C=O) groups is 2. The number of fused-ring (bicyclic) bond motifs is 1. The molecule has 2 N–H and O–H groups in total. The third-order valence-corrected chi connectivity index (χ3v) is 5.12. The molecule has 24 heavy (non-hydrogen) atoms. The third kappa shape index (κ3) is 2.78. The molecule has 0 saturated carbocycles. The van der Waals surface area contributed by atoms with E-state index < -0.39 is 0 Å². The number of anilines is 1. The van der Waals surface area contributed by atoms with E-state index in [2.05, 4.69) is 15.5 Å². The Morgan fingerprint density at radius 1 is 1.08 bits per heavy atom. The van der Waals surface area contributed by atoms with Crippen LogP contribution in [0.1, 0.15) is 24.0 Å². The Morgan fingerprint density at radius 2 is 1.79 bits per heavy atom. The fourth-order valence-electron chi connectivity index (χ4n) is 3.83. The Labute approximate surface area is 140 Å². The summed E-state index contributed by atoms with van der Waals surface area (Å²) in [5.41, 5.74) is 2.67. The molecular weight excluding hydrogens is 311 g/mol. The van der Waals surface area contributed by atoms with E-state index in [4.69, 9.17) is 0 Å². The summed E-state index contributed by atoms with van der Waals surface area (Å²) in [7, 11) is 0. The first-order valence-corrected chi connectivity index (χ1v) is 8.46. The molecule has 4 rings (SSSR count). The largest absolute Gasteiger partial charge is 0.367 e. The zero-order valence-corrected chi connectivity index (χ0v) is 13.5. The molecule has 1 atom stereocenters. The van der Waals surface area contributed by atoms with Gasteiger partial charge in [0.2, 0.25) is 11.8 Å². The van der Waals surface area contributed by atoms with Gasteiger partial charge in [-0.25, -0.2) is 4.39 Å². The summed E-state index contributed by atoms with van der Waals surface area (Å²) in [5, 5.41) is 5.67. The van der Waals surface area contributed by atoms with Gasteiger partial charge in [0.05, 0.1) is 11.7 Å². The number of amides is 2. The van der Waals surface area contributed by atoms with Crippen molar-refractivity contribution in [1.29, 1.82) is 0 Å². The summed E-state index contributed by atoms with van der Waals surface area (Å²) < 4.78 is 14.5. The van der Waals surface area contributed by atoms with Gasteiger partial charge in [0.25, 0.3) is 0 Å². The van der Waals surface area contributed by atoms with Gasteiger partial charge in [-0.2, -0.15) is 0 Å². The maximum absolute atomic E-state index is 14.5. The zero-order chi connectivity index (χ0) is 16.7. The van der Waals surface area contributed by atoms with Gasteiger partial charge in [0.15, 0.2) is 0 Å². The number of carbonyl (C=O) groups excluding carboxylic acids is 2. The van der Waals surface area contributed by atoms with Crippen molar-refractivity contribution in [2.24, 2.45) is 0 Å². The standard InChI is InChI=1S/C17H21FN4O2/c18-13-7-11-9-22(14-1-2-16(23)20-17(14)24)10-12(11)8-15(13)21-5-3-19-4-6-21/h7-8,14,19H,1-6,9-10H2,(H,20,23,24)/t14-/m0/s1. The minimum absolute atomic E-state index is 0.194. The van der Waals surface area contributed by atoms with E-state index in [1.54, 1.807) is 6.07 Å². The van der Waals surface area contributed by atoms with Crippen LogP contribution in [0.25, 0.3) is 0 Å². The molecule has 0 bridgehead atoms. The van der Waals surface area contributed by atoms with Gasteiger partial charge in [-0.15, -0.1) is 0 Å². The number of halogens is 1. The molecule has 6 nitrogen and oxygen atoms in total. The fraction of sp³-hybridized carbons (Fsp3) is 0.529. The second-order valence-corrected chi connectivity index (χ2v) is 6.68. The Morgan fingerprint density at radius 3 is 2.50 bits per heavy atom. The van der Waals surface area contributed by atoms with E-state index >= 15 is 0 Å². The molecule has 3 aliphatic rings. The number of piperazine rings is 1. The first-order chi connectivity index (χ1) is 11.6. The Kier molecular flexibility index (Phi) is 3.97. The number of nitrogens with one attached hydrogen (secondary N) is 2. The maximum Gasteiger partial charge on any atom is 0.243 e. The van der Waals surface area contributed by atoms with Crippen LogP contribution in [-0.2, 0) is 22.7 Å². The minimum atomic E-state index is -0.305. The SMILES string of the molecule is O=C1CC[C@H](N2Cc3cc(F)c(N4CCNCC4)cc3C2)C(=O)N1. The van der Waals surface area contributed by atoms with Crippen molar-refractivity contribution in [2.75, 3.05) is 31.1 Å². The van der Waals surface area contributed by atoms with E-state index in [9.17, 15) is 14.0 Å². The van der Waals surface area contributed by atoms with Crippen LogP contribution >= 0.6 is 0 Å². The van der Waals surface area contributed by atoms with Crippen molar-refractivity contribution in [3.63, 3.8) is 0 Å². The van der Waals surface area contributed by atoms with Gasteiger partial charge < -0.3 is 10.2 Å². The molecule has 1 aromatic rings. The third-order valence-electron chi connectivity index (χ3n) is 5.12. The second-order valence-electron chi connectivity index (χ2n) is 6.68. The maximum atomic E-state index is 14.5. The molecule has 7 heteroatoms. The van der Waals surface area contributed by atoms with Crippen LogP contribution in [0, 0.1) is 5.82 Å². The topological polar surface area (TPSA) is 64.7 Å². The van der Waals surface area contributed by atoms with Crippen molar-refractivity contribution in [3.05, 3.63) is 29.1 Å². The first kappa shape index (κ1) is 15.5. The highest BCUT2D eigenvalue weighted by Gasteiger charge is 2.35. The average Bonchev–Trinajstić information content (AvgIpc) is 2.97. The van der Waals surface area contributed by atoms with Crippen LogP contribution in [0.2, 0.25) is 0 Å². The minimum Gasteiger partial charge on any atom is -0.367 e. The summed E-state index contributed by atoms with van der Waals surface area (Å²) in [6.07, 6.45) is 0.898. The Bertz CT molecular complexity index is 687. The summed E-state index contributed by atoms with van der Waals surface area (Å²) >= 11 is 0. The fourth-order valence-corrected chi connectivity index (χ4v) is 3.83. The Balaban J connectivity index is 1.54. The van der Waals surface area contributed by atoms with Crippen LogP contribution in [0.3, 0.4) is 0 Å². The molecule has 2 saturated heterocycles. The number of benzene rings is 1. The van der Waals surface area contributed by atoms with Crippen LogP contribution in [0.5, 0.6) is 0 Å². The molecule has 0 unspecified atom stereocenters. The highest BCUT2D eigenvalue weighted by atomic mass is 19.1. The molecule has 3 heterocycles. The lowest BCUT2D eigenvalue weighted by Crippen LogP contribution is -2.50. The number of piperidine rings is 1. The van der Waals surface area contributed by atoms with Gasteiger partial charge >= 0.3 is 0 Å². The van der Waals surface area contributed by atoms with Crippen molar-refractivity contribution < 1.29 is 14.0 Å². The monoisotopic (exact) mass is 332 g/mol. The van der Waals surface area contributed by atoms with E-state index in [1.807, 2.05) is 11.0 Å². The lowest BCUT2D eigenvalue weighted by molar-refractivity contribution is -0.137. The van der Waals surface area contributed by atoms with Crippen molar-refractivity contribution in [3.8, 4) is 0 Å². The molecule has 3 aliphatic heterocycles. The van der Waals surface area contributed by atoms with E-state index in [-0.39, 0.29) is 23.7 Å². The number of hydrogen-bond donors (Lipinski definition) is 2. The molecule has 0 aliphatic carbocycles. The summed E-state index contributed by atoms with van der Waals surface area (Å²) in [4.78, 5) is 27.5. The normalized spacial score (nSPS) is 24.9. The quantitative estimate of drug-likeness (QED) is 0.766. The number of nitrogens with zero attached hydrogens (tertiary/aromatic N) is 2. The van der Waals surface area contributed by atoms with Gasteiger partial charge in [-0.3, -0.25) is 19.8 Å². The van der Waals surface area contributed by atoms with Crippen LogP contribution in [0.15, 0.2) is 12.1 Å².